The molecule has 2 amide bonds. The number of amides is 2. The van der Waals surface area contributed by atoms with Crippen molar-refractivity contribution in [3.63, 3.8) is 0 Å². The van der Waals surface area contributed by atoms with Crippen LogP contribution < -0.4 is 16.2 Å². The van der Waals surface area contributed by atoms with Crippen molar-refractivity contribution in [2.75, 3.05) is 11.9 Å². The van der Waals surface area contributed by atoms with Crippen molar-refractivity contribution in [2.24, 2.45) is 0 Å². The number of fused-ring (bicyclic) bond motifs is 1. The lowest BCUT2D eigenvalue weighted by molar-refractivity contribution is -0.122. The summed E-state index contributed by atoms with van der Waals surface area (Å²) in [6.45, 7) is -1.42. The Morgan fingerprint density at radius 1 is 1.10 bits per heavy atom. The average molecular weight is 428 g/mol. The Kier molecular flexibility index (Phi) is 5.15. The third-order valence-corrected chi connectivity index (χ3v) is 4.35. The summed E-state index contributed by atoms with van der Waals surface area (Å²) in [5.74, 6) is 0. The third kappa shape index (κ3) is 4.71. The number of urea groups is 1. The number of imidazole rings is 1. The molecule has 0 saturated heterocycles. The molecular weight excluding hydrogens is 413 g/mol. The molecule has 0 fully saturated rings. The van der Waals surface area contributed by atoms with E-state index in [0.29, 0.717) is 22.6 Å². The van der Waals surface area contributed by atoms with E-state index in [4.69, 9.17) is 0 Å². The molecule has 4 rings (SSSR count). The number of H-pyrrole nitrogens is 1. The van der Waals surface area contributed by atoms with Crippen molar-refractivity contribution in [3.8, 4) is 22.5 Å². The van der Waals surface area contributed by atoms with Gasteiger partial charge in [-0.2, -0.15) is 18.3 Å². The number of pyridine rings is 1. The maximum absolute atomic E-state index is 12.2. The minimum absolute atomic E-state index is 0.298. The van der Waals surface area contributed by atoms with Crippen LogP contribution in [-0.2, 0) is 0 Å². The zero-order valence-corrected chi connectivity index (χ0v) is 15.8. The van der Waals surface area contributed by atoms with Gasteiger partial charge >= 0.3 is 12.2 Å². The summed E-state index contributed by atoms with van der Waals surface area (Å²) in [6.07, 6.45) is -1.06. The van der Waals surface area contributed by atoms with Gasteiger partial charge in [-0.3, -0.25) is 9.20 Å². The Balaban J connectivity index is 1.57. The highest BCUT2D eigenvalue weighted by atomic mass is 19.4. The SMILES string of the molecule is O=C(NCC(F)(F)F)Nc1cccc(-c2cnc3cc(-c4ccc(=O)[nH]n4)ccn23)c1. The molecule has 158 valence electrons. The molecule has 0 atom stereocenters. The van der Waals surface area contributed by atoms with E-state index in [2.05, 4.69) is 20.5 Å². The van der Waals surface area contributed by atoms with E-state index in [1.807, 2.05) is 10.5 Å². The predicted molar refractivity (Wildman–Crippen MR) is 108 cm³/mol. The van der Waals surface area contributed by atoms with Crippen LogP contribution in [-0.4, -0.2) is 38.3 Å². The Morgan fingerprint density at radius 3 is 2.68 bits per heavy atom. The lowest BCUT2D eigenvalue weighted by atomic mass is 10.1. The van der Waals surface area contributed by atoms with Crippen LogP contribution in [0.25, 0.3) is 28.2 Å². The molecule has 0 radical (unpaired) electrons. The second-order valence-corrected chi connectivity index (χ2v) is 6.60. The number of carbonyl (C=O) groups excluding carboxylic acids is 1. The molecule has 0 unspecified atom stereocenters. The molecule has 3 aromatic heterocycles. The number of nitrogens with zero attached hydrogens (tertiary/aromatic N) is 3. The Morgan fingerprint density at radius 2 is 1.94 bits per heavy atom. The highest BCUT2D eigenvalue weighted by Gasteiger charge is 2.27. The van der Waals surface area contributed by atoms with Crippen molar-refractivity contribution in [2.45, 2.75) is 6.18 Å². The number of alkyl halides is 3. The number of aromatic amines is 1. The van der Waals surface area contributed by atoms with Crippen LogP contribution in [0.4, 0.5) is 23.7 Å². The first-order chi connectivity index (χ1) is 14.8. The number of benzene rings is 1. The van der Waals surface area contributed by atoms with Gasteiger partial charge in [0, 0.05) is 29.1 Å². The summed E-state index contributed by atoms with van der Waals surface area (Å²) in [4.78, 5) is 27.3. The van der Waals surface area contributed by atoms with E-state index in [1.54, 1.807) is 54.1 Å². The van der Waals surface area contributed by atoms with Gasteiger partial charge in [0.15, 0.2) is 0 Å². The van der Waals surface area contributed by atoms with Crippen molar-refractivity contribution >= 4 is 17.4 Å². The van der Waals surface area contributed by atoms with Crippen LogP contribution in [0.2, 0.25) is 0 Å². The Labute approximate surface area is 172 Å². The third-order valence-electron chi connectivity index (χ3n) is 4.35. The highest BCUT2D eigenvalue weighted by Crippen LogP contribution is 2.26. The van der Waals surface area contributed by atoms with E-state index in [0.717, 1.165) is 11.3 Å². The maximum atomic E-state index is 12.2. The van der Waals surface area contributed by atoms with Crippen molar-refractivity contribution in [3.05, 3.63) is 71.3 Å². The van der Waals surface area contributed by atoms with Gasteiger partial charge in [0.2, 0.25) is 0 Å². The zero-order valence-electron chi connectivity index (χ0n) is 15.8. The zero-order chi connectivity index (χ0) is 22.0. The number of carbonyl (C=O) groups is 1. The standard InChI is InChI=1S/C20H15F3N6O2/c21-20(22,23)11-25-19(31)26-14-3-1-2-13(8-14)16-10-24-17-9-12(6-7-29(16)17)15-4-5-18(30)28-27-15/h1-10H,11H2,(H,28,30)(H2,25,26,31). The fourth-order valence-electron chi connectivity index (χ4n) is 2.97. The van der Waals surface area contributed by atoms with Gasteiger partial charge in [-0.1, -0.05) is 12.1 Å². The first-order valence-corrected chi connectivity index (χ1v) is 9.04. The van der Waals surface area contributed by atoms with Crippen LogP contribution in [0.15, 0.2) is 65.7 Å². The van der Waals surface area contributed by atoms with Crippen LogP contribution in [0.3, 0.4) is 0 Å². The summed E-state index contributed by atoms with van der Waals surface area (Å²) in [5.41, 5.74) is 3.43. The second-order valence-electron chi connectivity index (χ2n) is 6.60. The number of nitrogens with one attached hydrogen (secondary N) is 3. The van der Waals surface area contributed by atoms with Crippen molar-refractivity contribution in [1.29, 1.82) is 0 Å². The van der Waals surface area contributed by atoms with Gasteiger partial charge in [0.1, 0.15) is 12.2 Å². The molecule has 8 nitrogen and oxygen atoms in total. The van der Waals surface area contributed by atoms with Crippen molar-refractivity contribution in [1.82, 2.24) is 24.9 Å². The van der Waals surface area contributed by atoms with Crippen LogP contribution in [0, 0.1) is 0 Å². The van der Waals surface area contributed by atoms with Crippen LogP contribution in [0.1, 0.15) is 0 Å². The van der Waals surface area contributed by atoms with Gasteiger partial charge in [-0.15, -0.1) is 0 Å². The molecule has 0 spiro atoms. The Bertz CT molecular complexity index is 1290. The molecule has 1 aromatic carbocycles. The van der Waals surface area contributed by atoms with E-state index < -0.39 is 18.8 Å². The molecule has 4 aromatic rings. The maximum Gasteiger partial charge on any atom is 0.405 e. The fourth-order valence-corrected chi connectivity index (χ4v) is 2.97. The summed E-state index contributed by atoms with van der Waals surface area (Å²) >= 11 is 0. The fraction of sp³-hybridized carbons (Fsp3) is 0.100. The van der Waals surface area contributed by atoms with Crippen LogP contribution in [0.5, 0.6) is 0 Å². The number of hydrogen-bond acceptors (Lipinski definition) is 4. The minimum atomic E-state index is -4.49. The van der Waals surface area contributed by atoms with Gasteiger partial charge < -0.3 is 10.6 Å². The van der Waals surface area contributed by atoms with E-state index in [9.17, 15) is 22.8 Å². The van der Waals surface area contributed by atoms with Gasteiger partial charge in [-0.05, 0) is 30.3 Å². The van der Waals surface area contributed by atoms with E-state index >= 15 is 0 Å². The average Bonchev–Trinajstić information content (AvgIpc) is 3.16. The molecule has 0 aliphatic carbocycles. The van der Waals surface area contributed by atoms with Gasteiger partial charge in [0.05, 0.1) is 17.6 Å². The molecular formula is C20H15F3N6O2. The Hall–Kier alpha value is -4.15. The number of hydrogen-bond donors (Lipinski definition) is 3. The van der Waals surface area contributed by atoms with Gasteiger partial charge in [-0.25, -0.2) is 14.9 Å². The molecule has 3 heterocycles. The molecule has 3 N–H and O–H groups in total. The number of halogens is 3. The number of aromatic nitrogens is 4. The van der Waals surface area contributed by atoms with Gasteiger partial charge in [0.25, 0.3) is 5.56 Å². The number of rotatable bonds is 4. The molecule has 0 aliphatic heterocycles. The predicted octanol–water partition coefficient (Wildman–Crippen LogP) is 3.44. The largest absolute Gasteiger partial charge is 0.405 e. The molecule has 11 heteroatoms. The van der Waals surface area contributed by atoms with Crippen molar-refractivity contribution < 1.29 is 18.0 Å². The second kappa shape index (κ2) is 7.94. The summed E-state index contributed by atoms with van der Waals surface area (Å²) in [5, 5.41) is 10.5. The lowest BCUT2D eigenvalue weighted by Gasteiger charge is -2.11. The van der Waals surface area contributed by atoms with E-state index in [1.165, 1.54) is 6.07 Å². The lowest BCUT2D eigenvalue weighted by Crippen LogP contribution is -2.36. The quantitative estimate of drug-likeness (QED) is 0.463. The molecule has 0 aliphatic rings. The molecule has 31 heavy (non-hydrogen) atoms. The van der Waals surface area contributed by atoms with Crippen LogP contribution >= 0.6 is 0 Å². The first-order valence-electron chi connectivity index (χ1n) is 9.04. The summed E-state index contributed by atoms with van der Waals surface area (Å²) in [7, 11) is 0. The molecule has 0 saturated carbocycles. The normalized spacial score (nSPS) is 11.5. The summed E-state index contributed by atoms with van der Waals surface area (Å²) < 4.78 is 38.5. The molecule has 0 bridgehead atoms. The first kappa shape index (κ1) is 20.1. The number of anilines is 1. The monoisotopic (exact) mass is 428 g/mol. The smallest absolute Gasteiger partial charge is 0.329 e. The topological polar surface area (TPSA) is 104 Å². The van der Waals surface area contributed by atoms with E-state index in [-0.39, 0.29) is 5.56 Å². The minimum Gasteiger partial charge on any atom is -0.329 e. The highest BCUT2D eigenvalue weighted by molar-refractivity contribution is 5.90. The summed E-state index contributed by atoms with van der Waals surface area (Å²) in [6, 6.07) is 12.3.